The van der Waals surface area contributed by atoms with Gasteiger partial charge in [0.2, 0.25) is 0 Å². The quantitative estimate of drug-likeness (QED) is 0.581. The summed E-state index contributed by atoms with van der Waals surface area (Å²) in [6.45, 7) is 0.366. The predicted molar refractivity (Wildman–Crippen MR) is 114 cm³/mol. The molecular weight excluding hydrogens is 390 g/mol. The molecule has 0 N–H and O–H groups in total. The van der Waals surface area contributed by atoms with Crippen LogP contribution >= 0.6 is 11.3 Å². The van der Waals surface area contributed by atoms with E-state index in [9.17, 15) is 9.59 Å². The van der Waals surface area contributed by atoms with Gasteiger partial charge in [-0.2, -0.15) is 4.99 Å². The van der Waals surface area contributed by atoms with Crippen LogP contribution < -0.4 is 14.4 Å². The molecular formula is C21H23N3O4S. The van der Waals surface area contributed by atoms with Crippen molar-refractivity contribution in [2.45, 2.75) is 13.0 Å². The summed E-state index contributed by atoms with van der Waals surface area (Å²) < 4.78 is 12.8. The summed E-state index contributed by atoms with van der Waals surface area (Å²) in [5.41, 5.74) is 2.39. The Morgan fingerprint density at radius 3 is 2.45 bits per heavy atom. The van der Waals surface area contributed by atoms with E-state index in [-0.39, 0.29) is 18.3 Å². The first-order valence-corrected chi connectivity index (χ1v) is 9.85. The van der Waals surface area contributed by atoms with Crippen LogP contribution in [-0.4, -0.2) is 44.8 Å². The molecule has 0 aliphatic carbocycles. The first kappa shape index (κ1) is 20.6. The van der Waals surface area contributed by atoms with E-state index < -0.39 is 0 Å². The molecule has 29 heavy (non-hydrogen) atoms. The summed E-state index contributed by atoms with van der Waals surface area (Å²) in [5, 5.41) is 0. The Hall–Kier alpha value is -3.13. The Morgan fingerprint density at radius 1 is 1.10 bits per heavy atom. The maximum atomic E-state index is 12.7. The second kappa shape index (κ2) is 8.91. The summed E-state index contributed by atoms with van der Waals surface area (Å²) in [5.74, 6) is 0.0681. The first-order valence-electron chi connectivity index (χ1n) is 9.03. The molecule has 0 spiro atoms. The molecule has 0 saturated carbocycles. The van der Waals surface area contributed by atoms with Gasteiger partial charge in [0, 0.05) is 31.9 Å². The van der Waals surface area contributed by atoms with E-state index in [0.717, 1.165) is 21.7 Å². The number of fused-ring (bicyclic) bond motifs is 1. The molecule has 1 aromatic heterocycles. The Balaban J connectivity index is 2.03. The van der Waals surface area contributed by atoms with Gasteiger partial charge in [0.25, 0.3) is 5.91 Å². The highest BCUT2D eigenvalue weighted by atomic mass is 32.1. The largest absolute Gasteiger partial charge is 0.497 e. The molecule has 7 nitrogen and oxygen atoms in total. The van der Waals surface area contributed by atoms with Gasteiger partial charge in [-0.25, -0.2) is 0 Å². The molecule has 8 heteroatoms. The number of anilines is 1. The van der Waals surface area contributed by atoms with Crippen molar-refractivity contribution in [2.75, 3.05) is 33.2 Å². The topological polar surface area (TPSA) is 73.1 Å². The van der Waals surface area contributed by atoms with Crippen molar-refractivity contribution >= 4 is 39.1 Å². The number of hydrogen-bond donors (Lipinski definition) is 0. The minimum Gasteiger partial charge on any atom is -0.497 e. The van der Waals surface area contributed by atoms with Crippen molar-refractivity contribution in [3.63, 3.8) is 0 Å². The van der Waals surface area contributed by atoms with Gasteiger partial charge < -0.3 is 18.9 Å². The third-order valence-electron chi connectivity index (χ3n) is 4.48. The Kier molecular flexibility index (Phi) is 6.33. The van der Waals surface area contributed by atoms with E-state index in [1.165, 1.54) is 18.4 Å². The van der Waals surface area contributed by atoms with Crippen molar-refractivity contribution in [1.29, 1.82) is 0 Å². The fourth-order valence-corrected chi connectivity index (χ4v) is 3.92. The van der Waals surface area contributed by atoms with E-state index in [1.54, 1.807) is 19.2 Å². The van der Waals surface area contributed by atoms with Gasteiger partial charge in [-0.3, -0.25) is 9.59 Å². The van der Waals surface area contributed by atoms with Gasteiger partial charge in [0.1, 0.15) is 5.75 Å². The van der Waals surface area contributed by atoms with Crippen molar-refractivity contribution in [3.05, 3.63) is 52.8 Å². The van der Waals surface area contributed by atoms with Crippen LogP contribution in [0.15, 0.2) is 47.5 Å². The number of benzene rings is 2. The zero-order valence-electron chi connectivity index (χ0n) is 16.8. The number of esters is 1. The van der Waals surface area contributed by atoms with Gasteiger partial charge >= 0.3 is 5.97 Å². The van der Waals surface area contributed by atoms with Gasteiger partial charge in [-0.05, 0) is 42.5 Å². The SMILES string of the molecule is COC(=O)CCn1c(=NC(=O)c2ccc(N(C)C)cc2)sc2cc(OC)ccc21. The molecule has 0 saturated heterocycles. The van der Waals surface area contributed by atoms with Crippen molar-refractivity contribution in [2.24, 2.45) is 4.99 Å². The van der Waals surface area contributed by atoms with E-state index in [0.29, 0.717) is 16.9 Å². The van der Waals surface area contributed by atoms with Crippen LogP contribution in [-0.2, 0) is 16.1 Å². The molecule has 2 aromatic carbocycles. The van der Waals surface area contributed by atoms with Crippen LogP contribution in [0.1, 0.15) is 16.8 Å². The lowest BCUT2D eigenvalue weighted by atomic mass is 10.2. The van der Waals surface area contributed by atoms with Crippen molar-refractivity contribution < 1.29 is 19.1 Å². The number of thiazole rings is 1. The summed E-state index contributed by atoms with van der Waals surface area (Å²) >= 11 is 1.38. The zero-order chi connectivity index (χ0) is 21.0. The van der Waals surface area contributed by atoms with Crippen molar-refractivity contribution in [3.8, 4) is 5.75 Å². The summed E-state index contributed by atoms with van der Waals surface area (Å²) in [6.07, 6.45) is 0.188. The van der Waals surface area contributed by atoms with Crippen LogP contribution in [0, 0.1) is 0 Å². The average molecular weight is 413 g/mol. The molecule has 152 valence electrons. The average Bonchev–Trinajstić information content (AvgIpc) is 3.07. The molecule has 0 aliphatic heterocycles. The zero-order valence-corrected chi connectivity index (χ0v) is 17.7. The van der Waals surface area contributed by atoms with Crippen LogP contribution in [0.5, 0.6) is 5.75 Å². The van der Waals surface area contributed by atoms with Crippen LogP contribution in [0.3, 0.4) is 0 Å². The van der Waals surface area contributed by atoms with Gasteiger partial charge in [0.15, 0.2) is 4.80 Å². The lowest BCUT2D eigenvalue weighted by Crippen LogP contribution is -2.19. The third-order valence-corrected chi connectivity index (χ3v) is 5.53. The monoisotopic (exact) mass is 413 g/mol. The van der Waals surface area contributed by atoms with E-state index in [1.807, 2.05) is 53.9 Å². The number of amides is 1. The van der Waals surface area contributed by atoms with E-state index in [4.69, 9.17) is 9.47 Å². The lowest BCUT2D eigenvalue weighted by Gasteiger charge is -2.11. The number of methoxy groups -OCH3 is 2. The number of carbonyl (C=O) groups excluding carboxylic acids is 2. The highest BCUT2D eigenvalue weighted by Crippen LogP contribution is 2.23. The molecule has 1 heterocycles. The van der Waals surface area contributed by atoms with Crippen LogP contribution in [0.4, 0.5) is 5.69 Å². The minimum atomic E-state index is -0.333. The molecule has 1 amide bonds. The molecule has 0 radical (unpaired) electrons. The number of aromatic nitrogens is 1. The van der Waals surface area contributed by atoms with E-state index >= 15 is 0 Å². The maximum absolute atomic E-state index is 12.7. The first-order chi connectivity index (χ1) is 13.9. The fraction of sp³-hybridized carbons (Fsp3) is 0.286. The second-order valence-corrected chi connectivity index (χ2v) is 7.56. The van der Waals surface area contributed by atoms with Gasteiger partial charge in [0.05, 0.1) is 30.9 Å². The summed E-state index contributed by atoms with van der Waals surface area (Å²) in [4.78, 5) is 31.2. The second-order valence-electron chi connectivity index (χ2n) is 6.55. The molecule has 0 bridgehead atoms. The number of nitrogens with zero attached hydrogens (tertiary/aromatic N) is 3. The number of hydrogen-bond acceptors (Lipinski definition) is 6. The van der Waals surface area contributed by atoms with Crippen molar-refractivity contribution in [1.82, 2.24) is 4.57 Å². The van der Waals surface area contributed by atoms with E-state index in [2.05, 4.69) is 4.99 Å². The number of rotatable bonds is 6. The molecule has 3 rings (SSSR count). The predicted octanol–water partition coefficient (Wildman–Crippen LogP) is 3.08. The number of carbonyl (C=O) groups is 2. The molecule has 0 aliphatic rings. The maximum Gasteiger partial charge on any atom is 0.307 e. The van der Waals surface area contributed by atoms with Gasteiger partial charge in [-0.15, -0.1) is 0 Å². The Bertz CT molecular complexity index is 1100. The molecule has 0 atom stereocenters. The van der Waals surface area contributed by atoms with Gasteiger partial charge in [-0.1, -0.05) is 11.3 Å². The smallest absolute Gasteiger partial charge is 0.307 e. The van der Waals surface area contributed by atoms with Crippen LogP contribution in [0.2, 0.25) is 0 Å². The number of aryl methyl sites for hydroxylation is 1. The minimum absolute atomic E-state index is 0.188. The normalized spacial score (nSPS) is 11.5. The Labute approximate surface area is 172 Å². The highest BCUT2D eigenvalue weighted by Gasteiger charge is 2.12. The highest BCUT2D eigenvalue weighted by molar-refractivity contribution is 7.16. The molecule has 0 unspecified atom stereocenters. The Morgan fingerprint density at radius 2 is 1.83 bits per heavy atom. The summed E-state index contributed by atoms with van der Waals surface area (Å²) in [6, 6.07) is 12.9. The third kappa shape index (κ3) is 4.65. The summed E-state index contributed by atoms with van der Waals surface area (Å²) in [7, 11) is 6.84. The molecule has 3 aromatic rings. The fourth-order valence-electron chi connectivity index (χ4n) is 2.84. The number of ether oxygens (including phenoxy) is 2. The van der Waals surface area contributed by atoms with Crippen LogP contribution in [0.25, 0.3) is 10.2 Å². The standard InChI is InChI=1S/C21H23N3O4S/c1-23(2)15-7-5-14(6-8-15)20(26)22-21-24(12-11-19(25)28-4)17-10-9-16(27-3)13-18(17)29-21/h5-10,13H,11-12H2,1-4H3. The lowest BCUT2D eigenvalue weighted by molar-refractivity contribution is -0.140. The molecule has 0 fully saturated rings.